The van der Waals surface area contributed by atoms with Crippen molar-refractivity contribution in [3.05, 3.63) is 35.2 Å². The Morgan fingerprint density at radius 3 is 2.91 bits per heavy atom. The first kappa shape index (κ1) is 16.0. The van der Waals surface area contributed by atoms with Crippen LogP contribution in [0.1, 0.15) is 12.6 Å². The van der Waals surface area contributed by atoms with Crippen LogP contribution in [0.15, 0.2) is 24.5 Å². The van der Waals surface area contributed by atoms with Gasteiger partial charge in [-0.1, -0.05) is 11.6 Å². The van der Waals surface area contributed by atoms with Gasteiger partial charge in [-0.3, -0.25) is 9.80 Å². The fraction of sp³-hybridized carbons (Fsp3) is 0.333. The van der Waals surface area contributed by atoms with Crippen molar-refractivity contribution in [3.63, 3.8) is 0 Å². The summed E-state index contributed by atoms with van der Waals surface area (Å²) in [5.74, 6) is 1.34. The molecule has 0 spiro atoms. The van der Waals surface area contributed by atoms with Crippen LogP contribution in [-0.4, -0.2) is 34.7 Å². The lowest BCUT2D eigenvalue weighted by atomic mass is 10.1. The molecule has 8 heteroatoms. The summed E-state index contributed by atoms with van der Waals surface area (Å²) in [5, 5.41) is 0.581. The monoisotopic (exact) mass is 354 g/mol. The molecule has 2 aromatic rings. The number of hydrogen-bond acceptors (Lipinski definition) is 3. The zero-order chi connectivity index (χ0) is 15.4. The first-order chi connectivity index (χ1) is 10.6. The largest absolute Gasteiger partial charge is 0.486 e. The van der Waals surface area contributed by atoms with E-state index in [9.17, 15) is 4.79 Å². The van der Waals surface area contributed by atoms with Crippen molar-refractivity contribution in [2.75, 3.05) is 16.3 Å². The fourth-order valence-electron chi connectivity index (χ4n) is 3.12. The molecule has 6 nitrogen and oxygen atoms in total. The number of aryl methyl sites for hydroxylation is 1. The Balaban J connectivity index is 0.00000156. The van der Waals surface area contributed by atoms with E-state index >= 15 is 0 Å². The van der Waals surface area contributed by atoms with Crippen LogP contribution in [0.2, 0.25) is 5.02 Å². The number of rotatable bonds is 1. The van der Waals surface area contributed by atoms with Crippen LogP contribution in [0.5, 0.6) is 5.75 Å². The molecule has 2 unspecified atom stereocenters. The molecule has 2 aliphatic rings. The molecule has 0 bridgehead atoms. The molecule has 1 N–H and O–H groups in total. The van der Waals surface area contributed by atoms with Gasteiger partial charge in [0.15, 0.2) is 5.82 Å². The third-order valence-electron chi connectivity index (χ3n) is 4.23. The molecule has 23 heavy (non-hydrogen) atoms. The van der Waals surface area contributed by atoms with Crippen molar-refractivity contribution < 1.29 is 9.53 Å². The highest BCUT2D eigenvalue weighted by Crippen LogP contribution is 2.42. The lowest BCUT2D eigenvalue weighted by Gasteiger charge is -2.35. The number of nitrogens with zero attached hydrogens (tertiary/aromatic N) is 3. The van der Waals surface area contributed by atoms with Crippen molar-refractivity contribution in [1.29, 1.82) is 0 Å². The summed E-state index contributed by atoms with van der Waals surface area (Å²) < 4.78 is 5.94. The molecule has 4 rings (SSSR count). The Labute approximate surface area is 144 Å². The third-order valence-corrected chi connectivity index (χ3v) is 4.47. The average Bonchev–Trinajstić information content (AvgIpc) is 3.04. The Bertz CT molecular complexity index is 764. The molecule has 0 saturated carbocycles. The SMILES string of the molecule is Cc1[nH]cnc1N1CC2C(C)Oc3ccc(Cl)cc3N2C1=O.Cl. The van der Waals surface area contributed by atoms with Gasteiger partial charge < -0.3 is 9.72 Å². The average molecular weight is 355 g/mol. The van der Waals surface area contributed by atoms with E-state index in [1.54, 1.807) is 34.3 Å². The van der Waals surface area contributed by atoms with Gasteiger partial charge in [-0.25, -0.2) is 9.78 Å². The molecule has 1 aromatic carbocycles. The van der Waals surface area contributed by atoms with Gasteiger partial charge in [-0.2, -0.15) is 0 Å². The number of imidazole rings is 1. The van der Waals surface area contributed by atoms with Crippen LogP contribution in [0.4, 0.5) is 16.3 Å². The van der Waals surface area contributed by atoms with Crippen molar-refractivity contribution in [3.8, 4) is 5.75 Å². The Hall–Kier alpha value is -1.92. The van der Waals surface area contributed by atoms with Gasteiger partial charge in [-0.05, 0) is 32.0 Å². The smallest absolute Gasteiger partial charge is 0.330 e. The molecule has 1 fully saturated rings. The predicted molar refractivity (Wildman–Crippen MR) is 91.1 cm³/mol. The van der Waals surface area contributed by atoms with E-state index in [0.717, 1.165) is 11.4 Å². The Morgan fingerprint density at radius 1 is 1.43 bits per heavy atom. The summed E-state index contributed by atoms with van der Waals surface area (Å²) in [4.78, 5) is 23.6. The van der Waals surface area contributed by atoms with Gasteiger partial charge in [0.1, 0.15) is 11.9 Å². The second-order valence-electron chi connectivity index (χ2n) is 5.62. The standard InChI is InChI=1S/C15H15ClN4O2.ClH/c1-8-14(18-7-17-8)19-6-12-9(2)22-13-4-3-10(16)5-11(13)20(12)15(19)21;/h3-5,7,9,12H,6H2,1-2H3,(H,17,18);1H. The van der Waals surface area contributed by atoms with Crippen LogP contribution in [-0.2, 0) is 0 Å². The van der Waals surface area contributed by atoms with Gasteiger partial charge in [0.25, 0.3) is 0 Å². The quantitative estimate of drug-likeness (QED) is 0.853. The van der Waals surface area contributed by atoms with E-state index in [0.29, 0.717) is 23.1 Å². The normalized spacial score (nSPS) is 22.3. The summed E-state index contributed by atoms with van der Waals surface area (Å²) in [6.45, 7) is 4.42. The number of benzene rings is 1. The minimum Gasteiger partial charge on any atom is -0.486 e. The highest BCUT2D eigenvalue weighted by molar-refractivity contribution is 6.31. The van der Waals surface area contributed by atoms with E-state index in [1.165, 1.54) is 0 Å². The number of carbonyl (C=O) groups excluding carboxylic acids is 1. The maximum atomic E-state index is 12.9. The summed E-state index contributed by atoms with van der Waals surface area (Å²) in [7, 11) is 0. The van der Waals surface area contributed by atoms with Crippen LogP contribution >= 0.6 is 24.0 Å². The zero-order valence-corrected chi connectivity index (χ0v) is 14.2. The maximum absolute atomic E-state index is 12.9. The highest BCUT2D eigenvalue weighted by atomic mass is 35.5. The number of H-pyrrole nitrogens is 1. The Kier molecular flexibility index (Phi) is 3.90. The molecule has 2 amide bonds. The second-order valence-corrected chi connectivity index (χ2v) is 6.05. The van der Waals surface area contributed by atoms with Gasteiger partial charge in [0.05, 0.1) is 30.3 Å². The van der Waals surface area contributed by atoms with Crippen LogP contribution in [0.25, 0.3) is 0 Å². The molecule has 122 valence electrons. The molecule has 2 atom stereocenters. The first-order valence-electron chi connectivity index (χ1n) is 7.13. The van der Waals surface area contributed by atoms with Crippen LogP contribution in [0.3, 0.4) is 0 Å². The maximum Gasteiger partial charge on any atom is 0.330 e. The predicted octanol–water partition coefficient (Wildman–Crippen LogP) is 3.39. The topological polar surface area (TPSA) is 61.5 Å². The van der Waals surface area contributed by atoms with Crippen LogP contribution < -0.4 is 14.5 Å². The number of hydrogen-bond donors (Lipinski definition) is 1. The number of fused-ring (bicyclic) bond motifs is 3. The van der Waals surface area contributed by atoms with Crippen molar-refractivity contribution in [2.24, 2.45) is 0 Å². The highest BCUT2D eigenvalue weighted by Gasteiger charge is 2.47. The molecular formula is C15H16Cl2N4O2. The minimum absolute atomic E-state index is 0. The third kappa shape index (κ3) is 2.33. The first-order valence-corrected chi connectivity index (χ1v) is 7.51. The number of ether oxygens (including phenoxy) is 1. The van der Waals surface area contributed by atoms with E-state index in [4.69, 9.17) is 16.3 Å². The molecule has 0 aliphatic carbocycles. The molecule has 2 aliphatic heterocycles. The van der Waals surface area contributed by atoms with Gasteiger partial charge in [0.2, 0.25) is 0 Å². The fourth-order valence-corrected chi connectivity index (χ4v) is 3.28. The van der Waals surface area contributed by atoms with Crippen LogP contribution in [0, 0.1) is 6.92 Å². The van der Waals surface area contributed by atoms with Gasteiger partial charge in [0, 0.05) is 5.02 Å². The Morgan fingerprint density at radius 2 is 2.22 bits per heavy atom. The molecule has 1 saturated heterocycles. The molecule has 0 radical (unpaired) electrons. The number of aromatic nitrogens is 2. The van der Waals surface area contributed by atoms with Crippen molar-refractivity contribution >= 4 is 41.5 Å². The van der Waals surface area contributed by atoms with E-state index in [-0.39, 0.29) is 30.6 Å². The number of aromatic amines is 1. The second kappa shape index (κ2) is 5.62. The number of amides is 2. The molecule has 1 aromatic heterocycles. The van der Waals surface area contributed by atoms with Gasteiger partial charge >= 0.3 is 6.03 Å². The number of urea groups is 1. The summed E-state index contributed by atoms with van der Waals surface area (Å²) in [6, 6.07) is 5.19. The van der Waals surface area contributed by atoms with Crippen molar-refractivity contribution in [2.45, 2.75) is 26.0 Å². The summed E-state index contributed by atoms with van der Waals surface area (Å²) in [6.07, 6.45) is 1.50. The van der Waals surface area contributed by atoms with Gasteiger partial charge in [-0.15, -0.1) is 12.4 Å². The summed E-state index contributed by atoms with van der Waals surface area (Å²) in [5.41, 5.74) is 1.59. The van der Waals surface area contributed by atoms with E-state index < -0.39 is 0 Å². The number of carbonyl (C=O) groups is 1. The lowest BCUT2D eigenvalue weighted by molar-refractivity contribution is 0.181. The van der Waals surface area contributed by atoms with Crippen molar-refractivity contribution in [1.82, 2.24) is 9.97 Å². The summed E-state index contributed by atoms with van der Waals surface area (Å²) >= 11 is 6.09. The minimum atomic E-state index is -0.0983. The van der Waals surface area contributed by atoms with E-state index in [2.05, 4.69) is 9.97 Å². The zero-order valence-electron chi connectivity index (χ0n) is 12.6. The number of nitrogens with one attached hydrogen (secondary N) is 1. The van der Waals surface area contributed by atoms with E-state index in [1.807, 2.05) is 13.8 Å². The number of anilines is 2. The molecule has 3 heterocycles. The lowest BCUT2D eigenvalue weighted by Crippen LogP contribution is -2.47. The molecular weight excluding hydrogens is 339 g/mol. The number of halogens is 2.